The van der Waals surface area contributed by atoms with Crippen LogP contribution in [0.25, 0.3) is 0 Å². The average molecular weight is 467 g/mol. The zero-order valence-electron chi connectivity index (χ0n) is 20.4. The number of benzene rings is 1. The number of ether oxygens (including phenoxy) is 6. The first-order chi connectivity index (χ1) is 15.7. The zero-order valence-corrected chi connectivity index (χ0v) is 20.4. The van der Waals surface area contributed by atoms with Crippen molar-refractivity contribution >= 4 is 5.97 Å². The van der Waals surface area contributed by atoms with Crippen LogP contribution in [-0.2, 0) is 39.8 Å². The van der Waals surface area contributed by atoms with E-state index in [2.05, 4.69) is 6.92 Å². The molecule has 2 fully saturated rings. The van der Waals surface area contributed by atoms with Crippen LogP contribution in [0.1, 0.15) is 40.2 Å². The number of carbonyl (C=O) groups is 1. The lowest BCUT2D eigenvalue weighted by Gasteiger charge is -2.48. The molecule has 1 aromatic carbocycles. The minimum absolute atomic E-state index is 0.0471. The van der Waals surface area contributed by atoms with Gasteiger partial charge in [-0.1, -0.05) is 51.1 Å². The lowest BCUT2D eigenvalue weighted by atomic mass is 9.84. The van der Waals surface area contributed by atoms with Crippen LogP contribution in [0.4, 0.5) is 0 Å². The normalized spacial score (nSPS) is 39.2. The highest BCUT2D eigenvalue weighted by molar-refractivity contribution is 5.65. The van der Waals surface area contributed by atoms with E-state index in [1.165, 1.54) is 6.92 Å². The molecular formula is C25H38O8. The topological polar surface area (TPSA) is 92.7 Å². The maximum Gasteiger partial charge on any atom is 0.302 e. The molecule has 0 saturated carbocycles. The van der Waals surface area contributed by atoms with Crippen molar-refractivity contribution in [2.24, 2.45) is 17.8 Å². The summed E-state index contributed by atoms with van der Waals surface area (Å²) < 4.78 is 35.5. The summed E-state index contributed by atoms with van der Waals surface area (Å²) >= 11 is 0. The highest BCUT2D eigenvalue weighted by Crippen LogP contribution is 2.37. The van der Waals surface area contributed by atoms with Gasteiger partial charge in [-0.2, -0.15) is 0 Å². The Morgan fingerprint density at radius 3 is 2.30 bits per heavy atom. The van der Waals surface area contributed by atoms with Crippen LogP contribution < -0.4 is 0 Å². The molecule has 0 aliphatic carbocycles. The van der Waals surface area contributed by atoms with E-state index in [0.29, 0.717) is 6.61 Å². The number of hydrogen-bond donors (Lipinski definition) is 1. The first-order valence-corrected chi connectivity index (χ1v) is 11.7. The molecule has 1 N–H and O–H groups in total. The molecule has 2 aliphatic rings. The Morgan fingerprint density at radius 1 is 0.970 bits per heavy atom. The summed E-state index contributed by atoms with van der Waals surface area (Å²) in [6, 6.07) is 9.85. The van der Waals surface area contributed by atoms with Gasteiger partial charge in [0.1, 0.15) is 18.8 Å². The van der Waals surface area contributed by atoms with E-state index >= 15 is 0 Å². The van der Waals surface area contributed by atoms with Crippen LogP contribution in [-0.4, -0.2) is 67.9 Å². The highest BCUT2D eigenvalue weighted by Gasteiger charge is 2.48. The number of carbonyl (C=O) groups excluding carboxylic acids is 1. The summed E-state index contributed by atoms with van der Waals surface area (Å²) in [5.74, 6) is -0.519. The van der Waals surface area contributed by atoms with E-state index in [1.807, 2.05) is 51.1 Å². The van der Waals surface area contributed by atoms with E-state index in [0.717, 1.165) is 5.56 Å². The highest BCUT2D eigenvalue weighted by atomic mass is 16.7. The van der Waals surface area contributed by atoms with Crippen LogP contribution in [0.2, 0.25) is 0 Å². The standard InChI is InChI=1S/C25H38O8/c1-14-15(2)24(28-6)32-20(13-29-18(5)26)22(14)33-25-16(3)23(21(27)17(4)31-25)30-12-19-10-8-7-9-11-19/h7-11,14-17,20-25,27H,12-13H2,1-6H3/t14-,15?,16?,17?,20?,21-,22-,23+,24+,25+/m1/s1. The van der Waals surface area contributed by atoms with Crippen molar-refractivity contribution < 1.29 is 38.3 Å². The summed E-state index contributed by atoms with van der Waals surface area (Å²) in [5, 5.41) is 10.8. The Kier molecular flexibility index (Phi) is 9.26. The van der Waals surface area contributed by atoms with Gasteiger partial charge in [0.05, 0.1) is 24.9 Å². The van der Waals surface area contributed by atoms with Crippen LogP contribution in [0.15, 0.2) is 30.3 Å². The van der Waals surface area contributed by atoms with Gasteiger partial charge in [0.15, 0.2) is 12.6 Å². The predicted octanol–water partition coefficient (Wildman–Crippen LogP) is 2.91. The van der Waals surface area contributed by atoms with E-state index in [-0.39, 0.29) is 30.3 Å². The summed E-state index contributed by atoms with van der Waals surface area (Å²) in [6.45, 7) is 9.68. The average Bonchev–Trinajstić information content (AvgIpc) is 2.80. The molecule has 4 unspecified atom stereocenters. The van der Waals surface area contributed by atoms with Gasteiger partial charge in [0.25, 0.3) is 0 Å². The van der Waals surface area contributed by atoms with Crippen molar-refractivity contribution in [3.8, 4) is 0 Å². The van der Waals surface area contributed by atoms with Gasteiger partial charge in [-0.3, -0.25) is 4.79 Å². The third-order valence-electron chi connectivity index (χ3n) is 6.83. The summed E-state index contributed by atoms with van der Waals surface area (Å²) in [5.41, 5.74) is 1.03. The van der Waals surface area contributed by atoms with Gasteiger partial charge in [0, 0.05) is 25.9 Å². The minimum atomic E-state index is -0.780. The van der Waals surface area contributed by atoms with Gasteiger partial charge >= 0.3 is 5.97 Å². The molecule has 2 saturated heterocycles. The number of hydrogen-bond acceptors (Lipinski definition) is 8. The fourth-order valence-corrected chi connectivity index (χ4v) is 4.55. The molecule has 0 amide bonds. The maximum absolute atomic E-state index is 11.4. The fourth-order valence-electron chi connectivity index (χ4n) is 4.55. The second kappa shape index (κ2) is 11.7. The Morgan fingerprint density at radius 2 is 1.67 bits per heavy atom. The second-order valence-corrected chi connectivity index (χ2v) is 9.22. The number of esters is 1. The smallest absolute Gasteiger partial charge is 0.302 e. The van der Waals surface area contributed by atoms with Gasteiger partial charge in [-0.15, -0.1) is 0 Å². The molecule has 10 atom stereocenters. The van der Waals surface area contributed by atoms with Crippen LogP contribution >= 0.6 is 0 Å². The van der Waals surface area contributed by atoms with Gasteiger partial charge in [-0.05, 0) is 18.4 Å². The molecule has 2 heterocycles. The Balaban J connectivity index is 1.73. The molecule has 0 radical (unpaired) electrons. The molecular weight excluding hydrogens is 428 g/mol. The maximum atomic E-state index is 11.4. The fraction of sp³-hybridized carbons (Fsp3) is 0.720. The lowest BCUT2D eigenvalue weighted by molar-refractivity contribution is -0.334. The SMILES string of the molecule is CO[C@H]1OC(COC(C)=O)[C@H](O[C@@H]2OC(C)[C@@H](O)[C@@H](OCc3ccccc3)C2C)[C@H](C)C1C. The molecule has 8 heteroatoms. The first kappa shape index (κ1) is 26.1. The van der Waals surface area contributed by atoms with Crippen molar-refractivity contribution in [1.29, 1.82) is 0 Å². The van der Waals surface area contributed by atoms with Crippen LogP contribution in [0, 0.1) is 17.8 Å². The van der Waals surface area contributed by atoms with Gasteiger partial charge in [-0.25, -0.2) is 0 Å². The monoisotopic (exact) mass is 466 g/mol. The van der Waals surface area contributed by atoms with Crippen molar-refractivity contribution in [2.75, 3.05) is 13.7 Å². The van der Waals surface area contributed by atoms with E-state index in [9.17, 15) is 9.90 Å². The second-order valence-electron chi connectivity index (χ2n) is 9.22. The Hall–Kier alpha value is -1.55. The molecule has 0 bridgehead atoms. The predicted molar refractivity (Wildman–Crippen MR) is 120 cm³/mol. The number of aliphatic hydroxyl groups excluding tert-OH is 1. The number of methoxy groups -OCH3 is 1. The van der Waals surface area contributed by atoms with E-state index < -0.39 is 43.1 Å². The summed E-state index contributed by atoms with van der Waals surface area (Å²) in [4.78, 5) is 11.4. The minimum Gasteiger partial charge on any atom is -0.463 e. The lowest BCUT2D eigenvalue weighted by Crippen LogP contribution is -2.58. The Labute approximate surface area is 196 Å². The van der Waals surface area contributed by atoms with E-state index in [1.54, 1.807) is 7.11 Å². The number of rotatable bonds is 8. The van der Waals surface area contributed by atoms with Crippen molar-refractivity contribution in [2.45, 2.75) is 84.3 Å². The first-order valence-electron chi connectivity index (χ1n) is 11.7. The Bertz CT molecular complexity index is 743. The summed E-state index contributed by atoms with van der Waals surface area (Å²) in [7, 11) is 1.60. The molecule has 3 rings (SSSR count). The van der Waals surface area contributed by atoms with Gasteiger partial charge < -0.3 is 33.5 Å². The molecule has 2 aliphatic heterocycles. The van der Waals surface area contributed by atoms with E-state index in [4.69, 9.17) is 28.4 Å². The van der Waals surface area contributed by atoms with Crippen molar-refractivity contribution in [3.63, 3.8) is 0 Å². The third kappa shape index (κ3) is 6.32. The quantitative estimate of drug-likeness (QED) is 0.585. The van der Waals surface area contributed by atoms with Crippen molar-refractivity contribution in [3.05, 3.63) is 35.9 Å². The molecule has 0 aromatic heterocycles. The molecule has 8 nitrogen and oxygen atoms in total. The van der Waals surface area contributed by atoms with Crippen molar-refractivity contribution in [1.82, 2.24) is 0 Å². The zero-order chi connectivity index (χ0) is 24.1. The number of aliphatic hydroxyl groups is 1. The van der Waals surface area contributed by atoms with Crippen LogP contribution in [0.5, 0.6) is 0 Å². The largest absolute Gasteiger partial charge is 0.463 e. The molecule has 1 aromatic rings. The van der Waals surface area contributed by atoms with Gasteiger partial charge in [0.2, 0.25) is 0 Å². The molecule has 0 spiro atoms. The molecule has 33 heavy (non-hydrogen) atoms. The molecule has 186 valence electrons. The van der Waals surface area contributed by atoms with Crippen LogP contribution in [0.3, 0.4) is 0 Å². The summed E-state index contributed by atoms with van der Waals surface area (Å²) in [6.07, 6.45) is -3.66. The third-order valence-corrected chi connectivity index (χ3v) is 6.83.